The minimum absolute atomic E-state index is 0.0381. The monoisotopic (exact) mass is 199 g/mol. The van der Waals surface area contributed by atoms with E-state index in [1.807, 2.05) is 4.57 Å². The van der Waals surface area contributed by atoms with Gasteiger partial charge in [0.2, 0.25) is 0 Å². The van der Waals surface area contributed by atoms with Gasteiger partial charge < -0.3 is 5.11 Å². The van der Waals surface area contributed by atoms with Gasteiger partial charge in [0.15, 0.2) is 10.6 Å². The fourth-order valence-corrected chi connectivity index (χ4v) is 2.29. The number of H-pyrrole nitrogens is 1. The van der Waals surface area contributed by atoms with E-state index in [1.54, 1.807) is 0 Å². The van der Waals surface area contributed by atoms with E-state index in [9.17, 15) is 0 Å². The molecule has 1 fully saturated rings. The predicted molar refractivity (Wildman–Crippen MR) is 50.8 cm³/mol. The summed E-state index contributed by atoms with van der Waals surface area (Å²) in [6.45, 7) is -0.0381. The second-order valence-corrected chi connectivity index (χ2v) is 3.80. The smallest absolute Gasteiger partial charge is 0.195 e. The number of hydrogen-bond donors (Lipinski definition) is 2. The molecule has 2 N–H and O–H groups in total. The van der Waals surface area contributed by atoms with E-state index in [0.717, 1.165) is 12.8 Å². The summed E-state index contributed by atoms with van der Waals surface area (Å²) < 4.78 is 2.60. The molecule has 1 heterocycles. The summed E-state index contributed by atoms with van der Waals surface area (Å²) in [7, 11) is 0. The first-order valence-corrected chi connectivity index (χ1v) is 5.00. The summed E-state index contributed by atoms with van der Waals surface area (Å²) in [6.07, 6.45) is 4.81. The van der Waals surface area contributed by atoms with Gasteiger partial charge in [-0.2, -0.15) is 5.10 Å². The summed E-state index contributed by atoms with van der Waals surface area (Å²) in [5.41, 5.74) is 0. The van der Waals surface area contributed by atoms with Crippen LogP contribution in [0.5, 0.6) is 0 Å². The zero-order valence-electron chi connectivity index (χ0n) is 7.36. The first kappa shape index (κ1) is 8.90. The van der Waals surface area contributed by atoms with Crippen molar-refractivity contribution in [1.82, 2.24) is 14.8 Å². The van der Waals surface area contributed by atoms with Crippen LogP contribution in [0, 0.1) is 4.77 Å². The minimum Gasteiger partial charge on any atom is -0.388 e. The fourth-order valence-electron chi connectivity index (χ4n) is 1.99. The standard InChI is InChI=1S/C8H13N3OS/c12-5-7-9-10-8(13)11(7)6-3-1-2-4-6/h6,12H,1-5H2,(H,10,13). The maximum Gasteiger partial charge on any atom is 0.195 e. The summed E-state index contributed by atoms with van der Waals surface area (Å²) >= 11 is 5.11. The topological polar surface area (TPSA) is 53.8 Å². The molecule has 0 unspecified atom stereocenters. The van der Waals surface area contributed by atoms with Crippen molar-refractivity contribution >= 4 is 12.2 Å². The number of rotatable bonds is 2. The van der Waals surface area contributed by atoms with E-state index in [2.05, 4.69) is 10.2 Å². The Morgan fingerprint density at radius 1 is 1.54 bits per heavy atom. The van der Waals surface area contributed by atoms with Gasteiger partial charge in [-0.25, -0.2) is 0 Å². The number of hydrogen-bond acceptors (Lipinski definition) is 3. The molecule has 0 spiro atoms. The van der Waals surface area contributed by atoms with Gasteiger partial charge in [-0.1, -0.05) is 12.8 Å². The lowest BCUT2D eigenvalue weighted by Gasteiger charge is -2.12. The van der Waals surface area contributed by atoms with Crippen LogP contribution in [-0.2, 0) is 6.61 Å². The second kappa shape index (κ2) is 3.59. The molecule has 0 bridgehead atoms. The zero-order valence-corrected chi connectivity index (χ0v) is 8.18. The third kappa shape index (κ3) is 1.53. The van der Waals surface area contributed by atoms with Gasteiger partial charge in [-0.3, -0.25) is 9.67 Å². The molecular weight excluding hydrogens is 186 g/mol. The molecule has 4 nitrogen and oxygen atoms in total. The predicted octanol–water partition coefficient (Wildman–Crippen LogP) is 1.55. The Kier molecular flexibility index (Phi) is 2.46. The highest BCUT2D eigenvalue weighted by Crippen LogP contribution is 2.30. The average molecular weight is 199 g/mol. The van der Waals surface area contributed by atoms with E-state index in [-0.39, 0.29) is 6.61 Å². The molecule has 0 radical (unpaired) electrons. The van der Waals surface area contributed by atoms with Gasteiger partial charge in [0.05, 0.1) is 0 Å². The van der Waals surface area contributed by atoms with Crippen molar-refractivity contribution in [3.05, 3.63) is 10.6 Å². The summed E-state index contributed by atoms with van der Waals surface area (Å²) in [6, 6.07) is 0.452. The minimum atomic E-state index is -0.0381. The van der Waals surface area contributed by atoms with Gasteiger partial charge >= 0.3 is 0 Å². The van der Waals surface area contributed by atoms with Crippen molar-refractivity contribution in [1.29, 1.82) is 0 Å². The molecule has 1 aliphatic carbocycles. The lowest BCUT2D eigenvalue weighted by Crippen LogP contribution is -2.09. The van der Waals surface area contributed by atoms with Crippen LogP contribution in [0.3, 0.4) is 0 Å². The molecule has 1 aromatic rings. The highest BCUT2D eigenvalue weighted by molar-refractivity contribution is 7.71. The number of aliphatic hydroxyl groups is 1. The highest BCUT2D eigenvalue weighted by Gasteiger charge is 2.20. The molecule has 0 amide bonds. The van der Waals surface area contributed by atoms with E-state index in [4.69, 9.17) is 17.3 Å². The molecular formula is C8H13N3OS. The van der Waals surface area contributed by atoms with Crippen molar-refractivity contribution < 1.29 is 5.11 Å². The molecule has 5 heteroatoms. The van der Waals surface area contributed by atoms with E-state index >= 15 is 0 Å². The highest BCUT2D eigenvalue weighted by atomic mass is 32.1. The number of nitrogens with one attached hydrogen (secondary N) is 1. The zero-order chi connectivity index (χ0) is 9.26. The lowest BCUT2D eigenvalue weighted by molar-refractivity contribution is 0.259. The third-order valence-corrected chi connectivity index (χ3v) is 2.90. The number of aromatic amines is 1. The van der Waals surface area contributed by atoms with Crippen LogP contribution in [0.1, 0.15) is 37.5 Å². The second-order valence-electron chi connectivity index (χ2n) is 3.41. The van der Waals surface area contributed by atoms with Gasteiger partial charge in [-0.15, -0.1) is 0 Å². The lowest BCUT2D eigenvalue weighted by atomic mass is 10.2. The van der Waals surface area contributed by atoms with Gasteiger partial charge in [0.25, 0.3) is 0 Å². The summed E-state index contributed by atoms with van der Waals surface area (Å²) in [5, 5.41) is 15.7. The van der Waals surface area contributed by atoms with Gasteiger partial charge in [0.1, 0.15) is 6.61 Å². The number of aliphatic hydroxyl groups excluding tert-OH is 1. The largest absolute Gasteiger partial charge is 0.388 e. The third-order valence-electron chi connectivity index (χ3n) is 2.61. The van der Waals surface area contributed by atoms with Crippen molar-refractivity contribution in [2.24, 2.45) is 0 Å². The first-order valence-electron chi connectivity index (χ1n) is 4.59. The molecule has 1 aliphatic rings. The molecule has 2 rings (SSSR count). The van der Waals surface area contributed by atoms with Gasteiger partial charge in [-0.05, 0) is 25.1 Å². The SMILES string of the molecule is OCc1n[nH]c(=S)n1C1CCCC1. The number of aromatic nitrogens is 3. The quantitative estimate of drug-likeness (QED) is 0.710. The van der Waals surface area contributed by atoms with Crippen LogP contribution in [0.15, 0.2) is 0 Å². The molecule has 0 atom stereocenters. The van der Waals surface area contributed by atoms with E-state index < -0.39 is 0 Å². The molecule has 0 saturated heterocycles. The first-order chi connectivity index (χ1) is 6.33. The molecule has 13 heavy (non-hydrogen) atoms. The molecule has 0 aliphatic heterocycles. The maximum atomic E-state index is 9.04. The number of nitrogens with zero attached hydrogens (tertiary/aromatic N) is 2. The van der Waals surface area contributed by atoms with Gasteiger partial charge in [0, 0.05) is 6.04 Å². The van der Waals surface area contributed by atoms with Crippen LogP contribution in [-0.4, -0.2) is 19.9 Å². The summed E-state index contributed by atoms with van der Waals surface area (Å²) in [5.74, 6) is 0.664. The van der Waals surface area contributed by atoms with Crippen LogP contribution in [0.2, 0.25) is 0 Å². The Bertz CT molecular complexity index is 337. The van der Waals surface area contributed by atoms with Crippen molar-refractivity contribution in [2.75, 3.05) is 0 Å². The van der Waals surface area contributed by atoms with E-state index in [1.165, 1.54) is 12.8 Å². The molecule has 1 aromatic heterocycles. The van der Waals surface area contributed by atoms with Crippen LogP contribution in [0.25, 0.3) is 0 Å². The Morgan fingerprint density at radius 3 is 2.85 bits per heavy atom. The Hall–Kier alpha value is -0.680. The normalized spacial score (nSPS) is 18.2. The van der Waals surface area contributed by atoms with Crippen molar-refractivity contribution in [2.45, 2.75) is 38.3 Å². The Labute approximate surface area is 81.6 Å². The van der Waals surface area contributed by atoms with Crippen LogP contribution in [0.4, 0.5) is 0 Å². The average Bonchev–Trinajstić information content (AvgIpc) is 2.72. The molecule has 72 valence electrons. The summed E-state index contributed by atoms with van der Waals surface area (Å²) in [4.78, 5) is 0. The molecule has 0 aromatic carbocycles. The van der Waals surface area contributed by atoms with Crippen LogP contribution < -0.4 is 0 Å². The van der Waals surface area contributed by atoms with Crippen molar-refractivity contribution in [3.8, 4) is 0 Å². The van der Waals surface area contributed by atoms with E-state index in [0.29, 0.717) is 16.6 Å². The molecule has 1 saturated carbocycles. The Morgan fingerprint density at radius 2 is 2.23 bits per heavy atom. The maximum absolute atomic E-state index is 9.04. The van der Waals surface area contributed by atoms with Crippen LogP contribution >= 0.6 is 12.2 Å². The van der Waals surface area contributed by atoms with Crippen molar-refractivity contribution in [3.63, 3.8) is 0 Å². The Balaban J connectivity index is 2.36. The fraction of sp³-hybridized carbons (Fsp3) is 0.750.